The Morgan fingerprint density at radius 3 is 1.71 bits per heavy atom. The molecule has 0 N–H and O–H groups in total. The van der Waals surface area contributed by atoms with Crippen molar-refractivity contribution in [3.05, 3.63) is 176 Å². The summed E-state index contributed by atoms with van der Waals surface area (Å²) in [5.74, 6) is 0.606. The first-order valence-corrected chi connectivity index (χ1v) is 17.6. The van der Waals surface area contributed by atoms with E-state index in [1.807, 2.05) is 18.2 Å². The largest absolute Gasteiger partial charge is 0.454 e. The molecule has 4 nitrogen and oxygen atoms in total. The van der Waals surface area contributed by atoms with Gasteiger partial charge in [-0.05, 0) is 57.3 Å². The number of fused-ring (bicyclic) bond motifs is 11. The molecule has 0 fully saturated rings. The summed E-state index contributed by atoms with van der Waals surface area (Å²) in [6.07, 6.45) is 0. The van der Waals surface area contributed by atoms with Crippen molar-refractivity contribution in [3.8, 4) is 39.5 Å². The Labute approximate surface area is 298 Å². The Morgan fingerprint density at radius 1 is 0.404 bits per heavy atom. The number of aromatic nitrogens is 3. The van der Waals surface area contributed by atoms with Gasteiger partial charge in [0.15, 0.2) is 5.58 Å². The average molecular weight is 664 g/mol. The molecule has 11 rings (SSSR count). The van der Waals surface area contributed by atoms with Crippen molar-refractivity contribution in [1.82, 2.24) is 14.5 Å². The summed E-state index contributed by atoms with van der Waals surface area (Å²) in [5, 5.41) is 7.79. The molecule has 0 amide bonds. The van der Waals surface area contributed by atoms with Crippen molar-refractivity contribution in [2.45, 2.75) is 0 Å². The lowest BCUT2D eigenvalue weighted by atomic mass is 9.98. The topological polar surface area (TPSA) is 43.9 Å². The van der Waals surface area contributed by atoms with Gasteiger partial charge < -0.3 is 4.42 Å². The van der Waals surface area contributed by atoms with Crippen LogP contribution in [0.2, 0.25) is 0 Å². The van der Waals surface area contributed by atoms with Gasteiger partial charge in [0.1, 0.15) is 11.1 Å². The fraction of sp³-hybridized carbons (Fsp3) is 0. The zero-order valence-corrected chi connectivity index (χ0v) is 28.0. The van der Waals surface area contributed by atoms with Gasteiger partial charge in [-0.25, -0.2) is 9.97 Å². The van der Waals surface area contributed by atoms with Crippen molar-refractivity contribution >= 4 is 65.4 Å². The third-order valence-electron chi connectivity index (χ3n) is 10.4. The van der Waals surface area contributed by atoms with Gasteiger partial charge in [-0.1, -0.05) is 152 Å². The minimum absolute atomic E-state index is 0.606. The molecule has 0 saturated heterocycles. The number of furan rings is 1. The van der Waals surface area contributed by atoms with Gasteiger partial charge in [-0.15, -0.1) is 0 Å². The highest BCUT2D eigenvalue weighted by molar-refractivity contribution is 6.35. The molecule has 0 aliphatic carbocycles. The van der Waals surface area contributed by atoms with Crippen LogP contribution >= 0.6 is 0 Å². The highest BCUT2D eigenvalue weighted by Gasteiger charge is 2.25. The summed E-state index contributed by atoms with van der Waals surface area (Å²) in [6.45, 7) is 0. The molecule has 0 spiro atoms. The van der Waals surface area contributed by atoms with Crippen LogP contribution in [-0.2, 0) is 0 Å². The molecular weight excluding hydrogens is 635 g/mol. The van der Waals surface area contributed by atoms with Gasteiger partial charge in [0.25, 0.3) is 0 Å². The third kappa shape index (κ3) is 4.28. The van der Waals surface area contributed by atoms with E-state index < -0.39 is 0 Å². The smallest absolute Gasteiger partial charge is 0.235 e. The minimum atomic E-state index is 0.606. The van der Waals surface area contributed by atoms with E-state index >= 15 is 0 Å². The van der Waals surface area contributed by atoms with E-state index in [9.17, 15) is 0 Å². The second-order valence-corrected chi connectivity index (χ2v) is 13.3. The van der Waals surface area contributed by atoms with Crippen LogP contribution in [-0.4, -0.2) is 14.5 Å². The molecule has 242 valence electrons. The van der Waals surface area contributed by atoms with Crippen molar-refractivity contribution < 1.29 is 4.42 Å². The van der Waals surface area contributed by atoms with Crippen LogP contribution in [0.4, 0.5) is 0 Å². The predicted octanol–water partition coefficient (Wildman–Crippen LogP) is 12.8. The normalized spacial score (nSPS) is 11.8. The maximum Gasteiger partial charge on any atom is 0.235 e. The molecular formula is C48H29N3O. The first-order valence-electron chi connectivity index (χ1n) is 17.6. The molecule has 8 aromatic carbocycles. The van der Waals surface area contributed by atoms with Crippen molar-refractivity contribution in [2.75, 3.05) is 0 Å². The Kier molecular flexibility index (Phi) is 6.22. The van der Waals surface area contributed by atoms with Crippen LogP contribution in [0.15, 0.2) is 180 Å². The number of hydrogen-bond donors (Lipinski definition) is 0. The SMILES string of the molecule is c1ccc(-c2ccc(-c3nc(-n4c5ccccc5c5c6ccccc6c6c7ccc(-c8ccccc8)cc7oc6c54)nc4ccccc34)cc2)cc1. The van der Waals surface area contributed by atoms with E-state index in [4.69, 9.17) is 14.4 Å². The molecule has 52 heavy (non-hydrogen) atoms. The van der Waals surface area contributed by atoms with E-state index in [0.29, 0.717) is 5.95 Å². The van der Waals surface area contributed by atoms with E-state index in [0.717, 1.165) is 82.4 Å². The van der Waals surface area contributed by atoms with Crippen LogP contribution < -0.4 is 0 Å². The Hall–Kier alpha value is -7.04. The molecule has 4 heteroatoms. The first kappa shape index (κ1) is 28.8. The lowest BCUT2D eigenvalue weighted by Crippen LogP contribution is -2.03. The molecule has 3 heterocycles. The predicted molar refractivity (Wildman–Crippen MR) is 215 cm³/mol. The summed E-state index contributed by atoms with van der Waals surface area (Å²) in [7, 11) is 0. The third-order valence-corrected chi connectivity index (χ3v) is 10.4. The zero-order chi connectivity index (χ0) is 34.2. The van der Waals surface area contributed by atoms with E-state index in [1.54, 1.807) is 0 Å². The summed E-state index contributed by atoms with van der Waals surface area (Å²) in [5.41, 5.74) is 11.1. The maximum atomic E-state index is 7.01. The molecule has 0 bridgehead atoms. The van der Waals surface area contributed by atoms with Gasteiger partial charge >= 0.3 is 0 Å². The van der Waals surface area contributed by atoms with Gasteiger partial charge in [0, 0.05) is 32.5 Å². The standard InChI is InChI=1S/C48H29N3O/c1-3-13-30(14-4-1)32-23-25-33(26-24-32)45-37-19-9-11-21-40(37)49-48(50-45)51-41-22-12-10-20-38(41)43-35-17-7-8-18-36(35)44-39-28-27-34(31-15-5-2-6-16-31)29-42(39)52-47(44)46(43)51/h1-29H. The van der Waals surface area contributed by atoms with E-state index in [-0.39, 0.29) is 0 Å². The summed E-state index contributed by atoms with van der Waals surface area (Å²) in [6, 6.07) is 61.7. The highest BCUT2D eigenvalue weighted by Crippen LogP contribution is 2.46. The minimum Gasteiger partial charge on any atom is -0.454 e. The Bertz CT molecular complexity index is 3160. The molecule has 0 atom stereocenters. The zero-order valence-electron chi connectivity index (χ0n) is 28.0. The second-order valence-electron chi connectivity index (χ2n) is 13.3. The van der Waals surface area contributed by atoms with Gasteiger partial charge in [-0.2, -0.15) is 0 Å². The fourth-order valence-electron chi connectivity index (χ4n) is 8.03. The lowest BCUT2D eigenvalue weighted by molar-refractivity contribution is 0.671. The van der Waals surface area contributed by atoms with E-state index in [2.05, 4.69) is 162 Å². The number of hydrogen-bond acceptors (Lipinski definition) is 3. The maximum absolute atomic E-state index is 7.01. The molecule has 3 aromatic heterocycles. The first-order chi connectivity index (χ1) is 25.8. The second kappa shape index (κ2) is 11.2. The van der Waals surface area contributed by atoms with Crippen LogP contribution in [0, 0.1) is 0 Å². The molecule has 0 unspecified atom stereocenters. The summed E-state index contributed by atoms with van der Waals surface area (Å²) >= 11 is 0. The molecule has 0 radical (unpaired) electrons. The monoisotopic (exact) mass is 663 g/mol. The van der Waals surface area contributed by atoms with E-state index in [1.165, 1.54) is 16.5 Å². The van der Waals surface area contributed by atoms with Crippen LogP contribution in [0.5, 0.6) is 0 Å². The van der Waals surface area contributed by atoms with Crippen LogP contribution in [0.3, 0.4) is 0 Å². The quantitative estimate of drug-likeness (QED) is 0.188. The molecule has 0 aliphatic rings. The lowest BCUT2D eigenvalue weighted by Gasteiger charge is -2.12. The van der Waals surface area contributed by atoms with Gasteiger partial charge in [0.05, 0.1) is 16.7 Å². The van der Waals surface area contributed by atoms with Crippen molar-refractivity contribution in [1.29, 1.82) is 0 Å². The van der Waals surface area contributed by atoms with Crippen LogP contribution in [0.1, 0.15) is 0 Å². The van der Waals surface area contributed by atoms with Crippen molar-refractivity contribution in [3.63, 3.8) is 0 Å². The Balaban J connectivity index is 1.23. The van der Waals surface area contributed by atoms with Gasteiger partial charge in [0.2, 0.25) is 5.95 Å². The van der Waals surface area contributed by atoms with Crippen molar-refractivity contribution in [2.24, 2.45) is 0 Å². The molecule has 0 saturated carbocycles. The number of benzene rings is 8. The van der Waals surface area contributed by atoms with Gasteiger partial charge in [-0.3, -0.25) is 4.57 Å². The highest BCUT2D eigenvalue weighted by atomic mass is 16.3. The summed E-state index contributed by atoms with van der Waals surface area (Å²) < 4.78 is 9.23. The fourth-order valence-corrected chi connectivity index (χ4v) is 8.03. The number of nitrogens with zero attached hydrogens (tertiary/aromatic N) is 3. The van der Waals surface area contributed by atoms with Crippen LogP contribution in [0.25, 0.3) is 105 Å². The summed E-state index contributed by atoms with van der Waals surface area (Å²) in [4.78, 5) is 10.7. The number of rotatable bonds is 4. The Morgan fingerprint density at radius 2 is 0.962 bits per heavy atom. The molecule has 0 aliphatic heterocycles. The molecule has 11 aromatic rings. The number of para-hydroxylation sites is 2. The average Bonchev–Trinajstić information content (AvgIpc) is 3.78.